The normalized spacial score (nSPS) is 26.7. The van der Waals surface area contributed by atoms with E-state index >= 15 is 0 Å². The zero-order chi connectivity index (χ0) is 22.8. The summed E-state index contributed by atoms with van der Waals surface area (Å²) in [7, 11) is -3.48. The van der Waals surface area contributed by atoms with Crippen LogP contribution in [0.2, 0.25) is 0 Å². The molecule has 1 heterocycles. The number of fused-ring (bicyclic) bond motifs is 3. The van der Waals surface area contributed by atoms with Crippen LogP contribution in [-0.2, 0) is 21.2 Å². The molecule has 1 aliphatic heterocycles. The Kier molecular flexibility index (Phi) is 6.34. The smallest absolute Gasteiger partial charge is 0.240 e. The highest BCUT2D eigenvalue weighted by Crippen LogP contribution is 2.39. The van der Waals surface area contributed by atoms with E-state index in [1.165, 1.54) is 11.1 Å². The van der Waals surface area contributed by atoms with Gasteiger partial charge in [-0.25, -0.2) is 13.1 Å². The second-order valence-electron chi connectivity index (χ2n) is 9.56. The Morgan fingerprint density at radius 2 is 1.67 bits per heavy atom. The van der Waals surface area contributed by atoms with Gasteiger partial charge in [-0.1, -0.05) is 42.5 Å². The molecular weight excluding hydrogens is 434 g/mol. The number of aryl methyl sites for hydroxylation is 1. The lowest BCUT2D eigenvalue weighted by Crippen LogP contribution is -2.38. The van der Waals surface area contributed by atoms with E-state index in [2.05, 4.69) is 34.3 Å². The zero-order valence-corrected chi connectivity index (χ0v) is 19.6. The van der Waals surface area contributed by atoms with Crippen LogP contribution in [0.25, 0.3) is 0 Å². The molecule has 0 radical (unpaired) electrons. The van der Waals surface area contributed by atoms with Crippen LogP contribution in [-0.4, -0.2) is 32.7 Å². The van der Waals surface area contributed by atoms with Crippen LogP contribution in [0.3, 0.4) is 0 Å². The van der Waals surface area contributed by atoms with Crippen LogP contribution < -0.4 is 10.0 Å². The summed E-state index contributed by atoms with van der Waals surface area (Å²) in [5.74, 6) is 1.53. The number of amides is 1. The second kappa shape index (κ2) is 9.39. The summed E-state index contributed by atoms with van der Waals surface area (Å²) >= 11 is 0. The molecule has 2 N–H and O–H groups in total. The molecule has 0 bridgehead atoms. The monoisotopic (exact) mass is 465 g/mol. The molecule has 2 aromatic rings. The number of rotatable bonds is 5. The van der Waals surface area contributed by atoms with Gasteiger partial charge in [0.25, 0.3) is 0 Å². The molecule has 33 heavy (non-hydrogen) atoms. The number of hydrogen-bond donors (Lipinski definition) is 2. The predicted octanol–water partition coefficient (Wildman–Crippen LogP) is 3.79. The second-order valence-corrected chi connectivity index (χ2v) is 11.3. The van der Waals surface area contributed by atoms with Gasteiger partial charge in [0, 0.05) is 24.8 Å². The Balaban J connectivity index is 1.10. The van der Waals surface area contributed by atoms with Crippen molar-refractivity contribution in [1.82, 2.24) is 10.0 Å². The standard InChI is InChI=1S/C26H31N3O3S/c30-26(29-25-16-23-22-9-5-4-6-19(22)14-15-24(23)28-25)20-12-10-18(11-13-20)17-27-33(31,32)21-7-2-1-3-8-21/h1-9,18,20,23-24,27H,10-17H2,(H,28,29,30)/t18?,20?,23-,24+/m0/s1. The van der Waals surface area contributed by atoms with Crippen molar-refractivity contribution in [2.75, 3.05) is 6.54 Å². The van der Waals surface area contributed by atoms with Crippen molar-refractivity contribution in [3.05, 3.63) is 65.7 Å². The third kappa shape index (κ3) is 4.89. The van der Waals surface area contributed by atoms with Gasteiger partial charge in [-0.3, -0.25) is 9.79 Å². The van der Waals surface area contributed by atoms with E-state index in [1.807, 2.05) is 0 Å². The Morgan fingerprint density at radius 3 is 2.45 bits per heavy atom. The van der Waals surface area contributed by atoms with Crippen LogP contribution in [0.1, 0.15) is 55.6 Å². The summed E-state index contributed by atoms with van der Waals surface area (Å²) in [6.45, 7) is 0.418. The number of benzene rings is 2. The Hall–Kier alpha value is -2.51. The van der Waals surface area contributed by atoms with Gasteiger partial charge < -0.3 is 5.32 Å². The highest BCUT2D eigenvalue weighted by molar-refractivity contribution is 7.89. The van der Waals surface area contributed by atoms with Gasteiger partial charge in [0.1, 0.15) is 5.84 Å². The minimum atomic E-state index is -3.48. The molecular formula is C26H31N3O3S. The molecule has 1 amide bonds. The molecule has 2 atom stereocenters. The van der Waals surface area contributed by atoms with Crippen LogP contribution >= 0.6 is 0 Å². The fourth-order valence-corrected chi connectivity index (χ4v) is 6.70. The summed E-state index contributed by atoms with van der Waals surface area (Å²) in [5, 5.41) is 3.13. The fourth-order valence-electron chi connectivity index (χ4n) is 5.56. The van der Waals surface area contributed by atoms with E-state index in [-0.39, 0.29) is 23.8 Å². The average molecular weight is 466 g/mol. The maximum atomic E-state index is 12.9. The van der Waals surface area contributed by atoms with Crippen molar-refractivity contribution < 1.29 is 13.2 Å². The van der Waals surface area contributed by atoms with Crippen molar-refractivity contribution in [1.29, 1.82) is 0 Å². The first-order chi connectivity index (χ1) is 16.0. The molecule has 0 unspecified atom stereocenters. The molecule has 0 spiro atoms. The van der Waals surface area contributed by atoms with Gasteiger partial charge in [-0.15, -0.1) is 0 Å². The van der Waals surface area contributed by atoms with Crippen LogP contribution in [0.4, 0.5) is 0 Å². The molecule has 0 saturated heterocycles. The summed E-state index contributed by atoms with van der Waals surface area (Å²) in [5.41, 5.74) is 2.81. The zero-order valence-electron chi connectivity index (χ0n) is 18.7. The summed E-state index contributed by atoms with van der Waals surface area (Å²) < 4.78 is 27.6. The maximum Gasteiger partial charge on any atom is 0.240 e. The molecule has 5 rings (SSSR count). The van der Waals surface area contributed by atoms with E-state index in [0.717, 1.165) is 50.8 Å². The van der Waals surface area contributed by atoms with Crippen molar-refractivity contribution in [3.8, 4) is 0 Å². The molecule has 1 fully saturated rings. The minimum absolute atomic E-state index is 0.0235. The lowest BCUT2D eigenvalue weighted by molar-refractivity contribution is -0.124. The quantitative estimate of drug-likeness (QED) is 0.704. The van der Waals surface area contributed by atoms with E-state index in [1.54, 1.807) is 30.3 Å². The van der Waals surface area contributed by atoms with Gasteiger partial charge in [0.05, 0.1) is 10.9 Å². The molecule has 0 aromatic heterocycles. The molecule has 3 aliphatic rings. The largest absolute Gasteiger partial charge is 0.314 e. The Bertz CT molecular complexity index is 1140. The SMILES string of the molecule is O=C(NC1=N[C@@H]2CCc3ccccc3[C@@H]2C1)C1CCC(CNS(=O)(=O)c2ccccc2)CC1. The van der Waals surface area contributed by atoms with Gasteiger partial charge in [0.2, 0.25) is 15.9 Å². The molecule has 174 valence electrons. The van der Waals surface area contributed by atoms with Crippen molar-refractivity contribution >= 4 is 21.8 Å². The number of aliphatic imine (C=N–C) groups is 1. The van der Waals surface area contributed by atoms with Gasteiger partial charge >= 0.3 is 0 Å². The summed E-state index contributed by atoms with van der Waals surface area (Å²) in [6, 6.07) is 17.3. The lowest BCUT2D eigenvalue weighted by Gasteiger charge is -2.28. The highest BCUT2D eigenvalue weighted by Gasteiger charge is 2.36. The van der Waals surface area contributed by atoms with E-state index in [0.29, 0.717) is 17.4 Å². The van der Waals surface area contributed by atoms with E-state index in [9.17, 15) is 13.2 Å². The number of carbonyl (C=O) groups is 1. The van der Waals surface area contributed by atoms with Crippen molar-refractivity contribution in [2.45, 2.75) is 61.8 Å². The maximum absolute atomic E-state index is 12.9. The van der Waals surface area contributed by atoms with Gasteiger partial charge in [0.15, 0.2) is 0 Å². The van der Waals surface area contributed by atoms with Gasteiger partial charge in [-0.05, 0) is 67.7 Å². The predicted molar refractivity (Wildman–Crippen MR) is 129 cm³/mol. The van der Waals surface area contributed by atoms with E-state index < -0.39 is 10.0 Å². The van der Waals surface area contributed by atoms with Crippen LogP contribution in [0, 0.1) is 11.8 Å². The van der Waals surface area contributed by atoms with Gasteiger partial charge in [-0.2, -0.15) is 0 Å². The summed E-state index contributed by atoms with van der Waals surface area (Å²) in [4.78, 5) is 18.1. The molecule has 1 saturated carbocycles. The van der Waals surface area contributed by atoms with Crippen LogP contribution in [0.5, 0.6) is 0 Å². The third-order valence-electron chi connectivity index (χ3n) is 7.46. The first kappa shape index (κ1) is 22.3. The van der Waals surface area contributed by atoms with Crippen molar-refractivity contribution in [3.63, 3.8) is 0 Å². The van der Waals surface area contributed by atoms with Crippen LogP contribution in [0.15, 0.2) is 64.5 Å². The average Bonchev–Trinajstić information content (AvgIpc) is 3.27. The number of nitrogens with one attached hydrogen (secondary N) is 2. The topological polar surface area (TPSA) is 87.6 Å². The first-order valence-electron chi connectivity index (χ1n) is 12.0. The van der Waals surface area contributed by atoms with E-state index in [4.69, 9.17) is 4.99 Å². The minimum Gasteiger partial charge on any atom is -0.314 e. The number of sulfonamides is 1. The first-order valence-corrected chi connectivity index (χ1v) is 13.5. The molecule has 2 aromatic carbocycles. The third-order valence-corrected chi connectivity index (χ3v) is 8.90. The van der Waals surface area contributed by atoms with Crippen molar-refractivity contribution in [2.24, 2.45) is 16.8 Å². The highest BCUT2D eigenvalue weighted by atomic mass is 32.2. The number of hydrogen-bond acceptors (Lipinski definition) is 4. The number of amidine groups is 1. The fraction of sp³-hybridized carbons (Fsp3) is 0.462. The lowest BCUT2D eigenvalue weighted by atomic mass is 9.79. The molecule has 2 aliphatic carbocycles. The Morgan fingerprint density at radius 1 is 0.939 bits per heavy atom. The number of carbonyl (C=O) groups excluding carboxylic acids is 1. The molecule has 7 heteroatoms. The Labute approximate surface area is 195 Å². The molecule has 6 nitrogen and oxygen atoms in total. The summed E-state index contributed by atoms with van der Waals surface area (Å²) in [6.07, 6.45) is 6.18. The number of nitrogens with zero attached hydrogens (tertiary/aromatic N) is 1.